The van der Waals surface area contributed by atoms with Crippen molar-refractivity contribution in [2.24, 2.45) is 5.92 Å². The Morgan fingerprint density at radius 2 is 2.08 bits per heavy atom. The van der Waals surface area contributed by atoms with Gasteiger partial charge in [0.15, 0.2) is 0 Å². The van der Waals surface area contributed by atoms with E-state index < -0.39 is 0 Å². The molecule has 2 N–H and O–H groups in total. The first-order chi connectivity index (χ1) is 12.3. The van der Waals surface area contributed by atoms with Gasteiger partial charge in [0, 0.05) is 36.7 Å². The molecule has 1 aromatic rings. The normalized spacial score (nSPS) is 22.0. The third-order valence-corrected chi connectivity index (χ3v) is 5.02. The molecule has 1 unspecified atom stereocenters. The highest BCUT2D eigenvalue weighted by atomic mass is 15.1. The van der Waals surface area contributed by atoms with Crippen LogP contribution in [0.25, 0.3) is 5.57 Å². The van der Waals surface area contributed by atoms with E-state index in [1.165, 1.54) is 22.4 Å². The van der Waals surface area contributed by atoms with Crippen molar-refractivity contribution in [3.05, 3.63) is 71.3 Å². The first-order valence-corrected chi connectivity index (χ1v) is 9.04. The van der Waals surface area contributed by atoms with Gasteiger partial charge in [-0.15, -0.1) is 0 Å². The molecule has 0 spiro atoms. The molecule has 0 saturated heterocycles. The Labute approximate surface area is 149 Å². The van der Waals surface area contributed by atoms with Gasteiger partial charge in [0.05, 0.1) is 0 Å². The lowest BCUT2D eigenvalue weighted by Gasteiger charge is -2.22. The zero-order chi connectivity index (χ0) is 17.1. The molecule has 0 radical (unpaired) electrons. The Balaban J connectivity index is 1.44. The van der Waals surface area contributed by atoms with Crippen LogP contribution in [0.15, 0.2) is 65.7 Å². The molecule has 0 saturated carbocycles. The second kappa shape index (κ2) is 7.09. The van der Waals surface area contributed by atoms with Gasteiger partial charge in [-0.2, -0.15) is 0 Å². The number of hydrogen-bond acceptors (Lipinski definition) is 4. The Bertz CT molecular complexity index is 794. The third kappa shape index (κ3) is 3.58. The lowest BCUT2D eigenvalue weighted by atomic mass is 9.85. The molecule has 128 valence electrons. The number of nitrogens with zero attached hydrogens (tertiary/aromatic N) is 2. The van der Waals surface area contributed by atoms with Gasteiger partial charge >= 0.3 is 0 Å². The molecule has 1 atom stereocenters. The van der Waals surface area contributed by atoms with E-state index in [2.05, 4.69) is 64.0 Å². The van der Waals surface area contributed by atoms with E-state index in [1.54, 1.807) is 0 Å². The summed E-state index contributed by atoms with van der Waals surface area (Å²) in [6, 6.07) is 0. The van der Waals surface area contributed by atoms with Crippen LogP contribution in [0.1, 0.15) is 31.7 Å². The molecule has 0 amide bonds. The van der Waals surface area contributed by atoms with Crippen molar-refractivity contribution in [3.63, 3.8) is 0 Å². The van der Waals surface area contributed by atoms with Gasteiger partial charge in [0.25, 0.3) is 0 Å². The molecule has 4 heteroatoms. The predicted octanol–water partition coefficient (Wildman–Crippen LogP) is 4.00. The second-order valence-corrected chi connectivity index (χ2v) is 6.88. The first-order valence-electron chi connectivity index (χ1n) is 9.04. The van der Waals surface area contributed by atoms with Gasteiger partial charge in [0.2, 0.25) is 5.95 Å². The van der Waals surface area contributed by atoms with Crippen LogP contribution >= 0.6 is 0 Å². The van der Waals surface area contributed by atoms with Gasteiger partial charge in [-0.25, -0.2) is 9.97 Å². The average molecular weight is 332 g/mol. The summed E-state index contributed by atoms with van der Waals surface area (Å²) in [5, 5.41) is 6.82. The number of anilines is 1. The number of hydrogen-bond donors (Lipinski definition) is 2. The highest BCUT2D eigenvalue weighted by molar-refractivity contribution is 5.71. The van der Waals surface area contributed by atoms with E-state index in [4.69, 9.17) is 0 Å². The predicted molar refractivity (Wildman–Crippen MR) is 103 cm³/mol. The molecule has 1 aliphatic heterocycles. The molecule has 2 aliphatic carbocycles. The number of aromatic nitrogens is 2. The number of rotatable bonds is 4. The monoisotopic (exact) mass is 332 g/mol. The molecule has 0 bridgehead atoms. The highest BCUT2D eigenvalue weighted by Crippen LogP contribution is 2.36. The second-order valence-electron chi connectivity index (χ2n) is 6.88. The van der Waals surface area contributed by atoms with Gasteiger partial charge in [0.1, 0.15) is 0 Å². The zero-order valence-electron chi connectivity index (χ0n) is 14.6. The van der Waals surface area contributed by atoms with Crippen molar-refractivity contribution in [1.82, 2.24) is 15.3 Å². The van der Waals surface area contributed by atoms with Gasteiger partial charge in [-0.1, -0.05) is 43.4 Å². The summed E-state index contributed by atoms with van der Waals surface area (Å²) in [4.78, 5) is 9.05. The van der Waals surface area contributed by atoms with Crippen LogP contribution in [0.2, 0.25) is 0 Å². The fourth-order valence-corrected chi connectivity index (χ4v) is 3.60. The van der Waals surface area contributed by atoms with E-state index in [0.29, 0.717) is 11.9 Å². The number of allylic oxidation sites excluding steroid dienone is 8. The Morgan fingerprint density at radius 3 is 2.96 bits per heavy atom. The minimum Gasteiger partial charge on any atom is -0.388 e. The van der Waals surface area contributed by atoms with E-state index in [9.17, 15) is 0 Å². The van der Waals surface area contributed by atoms with Crippen molar-refractivity contribution >= 4 is 11.5 Å². The molecular formula is C21H24N4. The van der Waals surface area contributed by atoms with Gasteiger partial charge < -0.3 is 10.6 Å². The van der Waals surface area contributed by atoms with Crippen LogP contribution in [0, 0.1) is 5.92 Å². The summed E-state index contributed by atoms with van der Waals surface area (Å²) in [6.07, 6.45) is 19.9. The van der Waals surface area contributed by atoms with E-state index >= 15 is 0 Å². The smallest absolute Gasteiger partial charge is 0.222 e. The van der Waals surface area contributed by atoms with Crippen LogP contribution in [0.4, 0.5) is 5.95 Å². The fourth-order valence-electron chi connectivity index (χ4n) is 3.60. The largest absolute Gasteiger partial charge is 0.388 e. The highest BCUT2D eigenvalue weighted by Gasteiger charge is 2.24. The standard InChI is InChI=1S/C21H24N4/c1-15-10-20-17(8-9-22-20)11-19(15)18-13-24-21(25-14-18)23-12-16-6-4-2-3-5-7-16/h2-6,11,13-15,22H,7-10,12H2,1H3,(H,23,24,25). The van der Waals surface area contributed by atoms with Crippen molar-refractivity contribution in [2.45, 2.75) is 26.2 Å². The SMILES string of the molecule is CC1CC2=C(C=C1c1cnc(NCC3=CC=CC=CC3)nc1)CCN2. The van der Waals surface area contributed by atoms with Crippen molar-refractivity contribution in [1.29, 1.82) is 0 Å². The maximum atomic E-state index is 4.52. The fraction of sp³-hybridized carbons (Fsp3) is 0.333. The molecule has 4 nitrogen and oxygen atoms in total. The van der Waals surface area contributed by atoms with Crippen LogP contribution in [0.5, 0.6) is 0 Å². The summed E-state index contributed by atoms with van der Waals surface area (Å²) in [6.45, 7) is 4.12. The van der Waals surface area contributed by atoms with Crippen LogP contribution < -0.4 is 10.6 Å². The minimum absolute atomic E-state index is 0.501. The minimum atomic E-state index is 0.501. The maximum Gasteiger partial charge on any atom is 0.222 e. The van der Waals surface area contributed by atoms with Crippen LogP contribution in [-0.4, -0.2) is 23.1 Å². The summed E-state index contributed by atoms with van der Waals surface area (Å²) in [5.74, 6) is 1.19. The molecule has 4 rings (SSSR count). The van der Waals surface area contributed by atoms with E-state index in [-0.39, 0.29) is 0 Å². The lowest BCUT2D eigenvalue weighted by Crippen LogP contribution is -2.14. The summed E-state index contributed by atoms with van der Waals surface area (Å²) < 4.78 is 0. The average Bonchev–Trinajstić information content (AvgIpc) is 2.92. The van der Waals surface area contributed by atoms with Crippen molar-refractivity contribution in [2.75, 3.05) is 18.4 Å². The Hall–Kier alpha value is -2.62. The zero-order valence-corrected chi connectivity index (χ0v) is 14.6. The number of nitrogens with one attached hydrogen (secondary N) is 2. The molecule has 0 aromatic carbocycles. The first kappa shape index (κ1) is 15.9. The van der Waals surface area contributed by atoms with Gasteiger partial charge in [-0.3, -0.25) is 0 Å². The molecule has 1 aromatic heterocycles. The topological polar surface area (TPSA) is 49.8 Å². The van der Waals surface area contributed by atoms with Gasteiger partial charge in [-0.05, 0) is 41.9 Å². The lowest BCUT2D eigenvalue weighted by molar-refractivity contribution is 0.685. The summed E-state index contributed by atoms with van der Waals surface area (Å²) in [7, 11) is 0. The third-order valence-electron chi connectivity index (χ3n) is 5.02. The molecule has 2 heterocycles. The molecule has 0 fully saturated rings. The molecule has 3 aliphatic rings. The molecular weight excluding hydrogens is 308 g/mol. The van der Waals surface area contributed by atoms with Crippen molar-refractivity contribution in [3.8, 4) is 0 Å². The summed E-state index contributed by atoms with van der Waals surface area (Å²) >= 11 is 0. The maximum absolute atomic E-state index is 4.52. The van der Waals surface area contributed by atoms with E-state index in [0.717, 1.165) is 37.9 Å². The van der Waals surface area contributed by atoms with E-state index in [1.807, 2.05) is 12.4 Å². The van der Waals surface area contributed by atoms with Crippen LogP contribution in [-0.2, 0) is 0 Å². The quantitative estimate of drug-likeness (QED) is 0.875. The Morgan fingerprint density at radius 1 is 1.20 bits per heavy atom. The van der Waals surface area contributed by atoms with Crippen molar-refractivity contribution < 1.29 is 0 Å². The molecule has 25 heavy (non-hydrogen) atoms. The summed E-state index contributed by atoms with van der Waals surface area (Å²) in [5.41, 5.74) is 6.70. The van der Waals surface area contributed by atoms with Crippen LogP contribution in [0.3, 0.4) is 0 Å². The Kier molecular flexibility index (Phi) is 4.51.